The Bertz CT molecular complexity index is 1680. The van der Waals surface area contributed by atoms with Crippen LogP contribution in [0.15, 0.2) is 80.8 Å². The van der Waals surface area contributed by atoms with Crippen LogP contribution >= 0.6 is 22.7 Å². The summed E-state index contributed by atoms with van der Waals surface area (Å²) in [5.74, 6) is 0.0921. The number of fused-ring (bicyclic) bond motifs is 1. The molecule has 0 saturated heterocycles. The third-order valence-corrected chi connectivity index (χ3v) is 6.59. The lowest BCUT2D eigenvalue weighted by atomic mass is 10.1. The Labute approximate surface area is 212 Å². The second kappa shape index (κ2) is 10.4. The number of thiazole rings is 2. The number of hydrogen-bond acceptors (Lipinski definition) is 9. The van der Waals surface area contributed by atoms with E-state index in [0.717, 1.165) is 5.39 Å². The number of para-hydroxylation sites is 2. The number of carbonyl (C=O) groups excluding carboxylic acids is 1. The molecule has 1 amide bonds. The van der Waals surface area contributed by atoms with Gasteiger partial charge in [0, 0.05) is 27.9 Å². The van der Waals surface area contributed by atoms with Crippen molar-refractivity contribution in [3.05, 3.63) is 92.5 Å². The second-order valence-corrected chi connectivity index (χ2v) is 9.16. The molecule has 3 heterocycles. The van der Waals surface area contributed by atoms with Gasteiger partial charge in [-0.3, -0.25) is 10.1 Å². The van der Waals surface area contributed by atoms with Crippen molar-refractivity contribution in [3.63, 3.8) is 0 Å². The summed E-state index contributed by atoms with van der Waals surface area (Å²) in [6.45, 7) is -0.217. The average Bonchev–Trinajstić information content (AvgIpc) is 3.59. The Balaban J connectivity index is 1.39. The van der Waals surface area contributed by atoms with Gasteiger partial charge in [-0.05, 0) is 24.3 Å². The SMILES string of the molecule is N#CC(=Cc1ccccc1OCC(=O)Nc1nccs1)c1nc(-c2cc3ccccc3oc2=O)cs1. The number of benzene rings is 2. The fourth-order valence-electron chi connectivity index (χ4n) is 3.37. The van der Waals surface area contributed by atoms with E-state index >= 15 is 0 Å². The fraction of sp³-hybridized carbons (Fsp3) is 0.0385. The molecule has 36 heavy (non-hydrogen) atoms. The summed E-state index contributed by atoms with van der Waals surface area (Å²) in [4.78, 5) is 33.2. The van der Waals surface area contributed by atoms with Gasteiger partial charge in [0.2, 0.25) is 0 Å². The normalized spacial score (nSPS) is 11.2. The van der Waals surface area contributed by atoms with Gasteiger partial charge in [-0.1, -0.05) is 36.4 Å². The van der Waals surface area contributed by atoms with Gasteiger partial charge >= 0.3 is 5.63 Å². The van der Waals surface area contributed by atoms with Crippen molar-refractivity contribution in [2.24, 2.45) is 0 Å². The largest absolute Gasteiger partial charge is 0.483 e. The van der Waals surface area contributed by atoms with E-state index in [1.165, 1.54) is 22.7 Å². The Kier molecular flexibility index (Phi) is 6.66. The molecule has 0 saturated carbocycles. The standard InChI is InChI=1S/C26H16N4O4S2/c27-13-18(11-16-5-1-3-7-21(16)33-14-23(31)30-26-28-9-10-35-26)24-29-20(15-36-24)19-12-17-6-2-4-8-22(17)34-25(19)32/h1-12,15H,14H2,(H,28,30,31). The average molecular weight is 513 g/mol. The molecule has 0 aliphatic heterocycles. The van der Waals surface area contributed by atoms with Gasteiger partial charge in [-0.25, -0.2) is 14.8 Å². The van der Waals surface area contributed by atoms with E-state index in [1.807, 2.05) is 12.1 Å². The van der Waals surface area contributed by atoms with E-state index in [4.69, 9.17) is 9.15 Å². The number of allylic oxidation sites excluding steroid dienone is 1. The molecule has 8 nitrogen and oxygen atoms in total. The summed E-state index contributed by atoms with van der Waals surface area (Å²) in [5, 5.41) is 17.7. The quantitative estimate of drug-likeness (QED) is 0.227. The van der Waals surface area contributed by atoms with Gasteiger partial charge in [0.25, 0.3) is 5.91 Å². The summed E-state index contributed by atoms with van der Waals surface area (Å²) in [6, 6.07) is 18.2. The summed E-state index contributed by atoms with van der Waals surface area (Å²) in [5.41, 5.74) is 1.65. The van der Waals surface area contributed by atoms with Crippen LogP contribution in [-0.2, 0) is 4.79 Å². The smallest absolute Gasteiger partial charge is 0.345 e. The molecule has 0 radical (unpaired) electrons. The zero-order valence-corrected chi connectivity index (χ0v) is 20.1. The van der Waals surface area contributed by atoms with E-state index in [9.17, 15) is 14.9 Å². The second-order valence-electron chi connectivity index (χ2n) is 7.41. The first-order valence-corrected chi connectivity index (χ1v) is 12.4. The number of anilines is 1. The van der Waals surface area contributed by atoms with Crippen LogP contribution < -0.4 is 15.7 Å². The van der Waals surface area contributed by atoms with E-state index in [1.54, 1.807) is 65.5 Å². The summed E-state index contributed by atoms with van der Waals surface area (Å²) >= 11 is 2.55. The molecular weight excluding hydrogens is 496 g/mol. The van der Waals surface area contributed by atoms with Gasteiger partial charge in [0.15, 0.2) is 11.7 Å². The van der Waals surface area contributed by atoms with Gasteiger partial charge in [-0.2, -0.15) is 5.26 Å². The van der Waals surface area contributed by atoms with Crippen LogP contribution in [0.3, 0.4) is 0 Å². The minimum absolute atomic E-state index is 0.217. The molecule has 3 aromatic heterocycles. The maximum absolute atomic E-state index is 12.5. The van der Waals surface area contributed by atoms with Gasteiger partial charge < -0.3 is 9.15 Å². The van der Waals surface area contributed by atoms with Crippen LogP contribution in [0.1, 0.15) is 10.6 Å². The predicted molar refractivity (Wildman–Crippen MR) is 140 cm³/mol. The Hall–Kier alpha value is -4.59. The van der Waals surface area contributed by atoms with Crippen molar-refractivity contribution >= 4 is 56.3 Å². The van der Waals surface area contributed by atoms with Gasteiger partial charge in [0.05, 0.1) is 16.8 Å². The fourth-order valence-corrected chi connectivity index (χ4v) is 4.70. The van der Waals surface area contributed by atoms with E-state index in [0.29, 0.717) is 43.9 Å². The molecule has 0 atom stereocenters. The molecule has 0 unspecified atom stereocenters. The summed E-state index contributed by atoms with van der Waals surface area (Å²) in [7, 11) is 0. The predicted octanol–water partition coefficient (Wildman–Crippen LogP) is 5.45. The highest BCUT2D eigenvalue weighted by Crippen LogP contribution is 2.29. The number of rotatable bonds is 7. The van der Waals surface area contributed by atoms with Gasteiger partial charge in [-0.15, -0.1) is 22.7 Å². The highest BCUT2D eigenvalue weighted by molar-refractivity contribution is 7.13. The first kappa shape index (κ1) is 23.2. The Morgan fingerprint density at radius 1 is 1.17 bits per heavy atom. The van der Waals surface area contributed by atoms with Crippen LogP contribution in [0.5, 0.6) is 5.75 Å². The molecule has 5 aromatic rings. The number of nitrogens with one attached hydrogen (secondary N) is 1. The molecule has 0 bridgehead atoms. The maximum atomic E-state index is 12.5. The van der Waals surface area contributed by atoms with Crippen molar-refractivity contribution in [2.75, 3.05) is 11.9 Å². The molecule has 0 spiro atoms. The van der Waals surface area contributed by atoms with Crippen LogP contribution in [-0.4, -0.2) is 22.5 Å². The zero-order chi connectivity index (χ0) is 24.9. The van der Waals surface area contributed by atoms with Crippen LogP contribution in [0, 0.1) is 11.3 Å². The van der Waals surface area contributed by atoms with Crippen molar-refractivity contribution < 1.29 is 13.9 Å². The molecule has 176 valence electrons. The number of ether oxygens (including phenoxy) is 1. The molecule has 0 aliphatic rings. The lowest BCUT2D eigenvalue weighted by Crippen LogP contribution is -2.20. The Morgan fingerprint density at radius 2 is 2.00 bits per heavy atom. The van der Waals surface area contributed by atoms with Crippen molar-refractivity contribution in [1.29, 1.82) is 5.26 Å². The van der Waals surface area contributed by atoms with Crippen LogP contribution in [0.2, 0.25) is 0 Å². The highest BCUT2D eigenvalue weighted by atomic mass is 32.1. The first-order valence-electron chi connectivity index (χ1n) is 10.6. The number of amides is 1. The molecule has 0 fully saturated rings. The highest BCUT2D eigenvalue weighted by Gasteiger charge is 2.15. The van der Waals surface area contributed by atoms with Crippen molar-refractivity contribution in [3.8, 4) is 23.1 Å². The maximum Gasteiger partial charge on any atom is 0.345 e. The first-order chi connectivity index (χ1) is 17.6. The molecule has 5 rings (SSSR count). The van der Waals surface area contributed by atoms with Crippen molar-refractivity contribution in [1.82, 2.24) is 9.97 Å². The van der Waals surface area contributed by atoms with E-state index < -0.39 is 5.63 Å². The molecular formula is C26H16N4O4S2. The topological polar surface area (TPSA) is 118 Å². The number of nitrogens with zero attached hydrogens (tertiary/aromatic N) is 3. The van der Waals surface area contributed by atoms with Crippen LogP contribution in [0.25, 0.3) is 33.9 Å². The summed E-state index contributed by atoms with van der Waals surface area (Å²) in [6.07, 6.45) is 3.24. The molecule has 10 heteroatoms. The number of aromatic nitrogens is 2. The van der Waals surface area contributed by atoms with E-state index in [-0.39, 0.29) is 12.5 Å². The molecule has 0 aliphatic carbocycles. The minimum Gasteiger partial charge on any atom is -0.483 e. The monoisotopic (exact) mass is 512 g/mol. The number of nitriles is 1. The lowest BCUT2D eigenvalue weighted by Gasteiger charge is -2.09. The molecule has 2 aromatic carbocycles. The van der Waals surface area contributed by atoms with E-state index in [2.05, 4.69) is 21.4 Å². The zero-order valence-electron chi connectivity index (χ0n) is 18.5. The van der Waals surface area contributed by atoms with Crippen molar-refractivity contribution in [2.45, 2.75) is 0 Å². The van der Waals surface area contributed by atoms with Crippen LogP contribution in [0.4, 0.5) is 5.13 Å². The third kappa shape index (κ3) is 5.07. The number of carbonyl (C=O) groups is 1. The number of hydrogen-bond donors (Lipinski definition) is 1. The molecule has 1 N–H and O–H groups in total. The Morgan fingerprint density at radius 3 is 2.83 bits per heavy atom. The van der Waals surface area contributed by atoms with Gasteiger partial charge in [0.1, 0.15) is 22.4 Å². The third-order valence-electron chi connectivity index (χ3n) is 5.03. The lowest BCUT2D eigenvalue weighted by molar-refractivity contribution is -0.118. The minimum atomic E-state index is -0.497. The summed E-state index contributed by atoms with van der Waals surface area (Å²) < 4.78 is 11.1.